The number of ether oxygens (including phenoxy) is 2. The van der Waals surface area contributed by atoms with E-state index in [0.717, 1.165) is 6.42 Å². The van der Waals surface area contributed by atoms with E-state index in [1.165, 1.54) is 6.07 Å². The van der Waals surface area contributed by atoms with E-state index in [1.807, 2.05) is 0 Å². The van der Waals surface area contributed by atoms with E-state index in [-0.39, 0.29) is 18.7 Å². The van der Waals surface area contributed by atoms with Gasteiger partial charge in [0.05, 0.1) is 0 Å². The van der Waals surface area contributed by atoms with Crippen molar-refractivity contribution in [1.29, 1.82) is 0 Å². The summed E-state index contributed by atoms with van der Waals surface area (Å²) in [6.07, 6.45) is 0.747. The first-order chi connectivity index (χ1) is 7.58. The van der Waals surface area contributed by atoms with Gasteiger partial charge in [-0.15, -0.1) is 0 Å². The van der Waals surface area contributed by atoms with Crippen molar-refractivity contribution in [3.05, 3.63) is 23.5 Å². The van der Waals surface area contributed by atoms with Gasteiger partial charge in [0.2, 0.25) is 6.79 Å². The number of nitrogens with two attached hydrogens (primary N) is 1. The van der Waals surface area contributed by atoms with Crippen LogP contribution in [0.15, 0.2) is 12.1 Å². The van der Waals surface area contributed by atoms with E-state index in [9.17, 15) is 4.39 Å². The van der Waals surface area contributed by atoms with Crippen molar-refractivity contribution in [2.45, 2.75) is 26.3 Å². The average Bonchev–Trinajstić information content (AvgIpc) is 2.61. The van der Waals surface area contributed by atoms with Gasteiger partial charge in [0.25, 0.3) is 0 Å². The molecule has 88 valence electrons. The first kappa shape index (κ1) is 11.2. The zero-order valence-corrected chi connectivity index (χ0v) is 9.50. The smallest absolute Gasteiger partial charge is 0.231 e. The SMILES string of the molecule is CC(C)CC(N)c1cc2c(cc1F)OCO2. The van der Waals surface area contributed by atoms with Crippen LogP contribution in [-0.2, 0) is 0 Å². The van der Waals surface area contributed by atoms with E-state index < -0.39 is 0 Å². The van der Waals surface area contributed by atoms with Crippen molar-refractivity contribution in [2.75, 3.05) is 6.79 Å². The molecule has 0 spiro atoms. The lowest BCUT2D eigenvalue weighted by Crippen LogP contribution is -2.14. The summed E-state index contributed by atoms with van der Waals surface area (Å²) >= 11 is 0. The second-order valence-corrected chi connectivity index (χ2v) is 4.46. The van der Waals surface area contributed by atoms with Gasteiger partial charge in [0.15, 0.2) is 11.5 Å². The molecule has 3 nitrogen and oxygen atoms in total. The molecule has 1 heterocycles. The van der Waals surface area contributed by atoms with Gasteiger partial charge in [0.1, 0.15) is 5.82 Å². The molecule has 0 aromatic heterocycles. The third-order valence-electron chi connectivity index (χ3n) is 2.62. The molecule has 2 N–H and O–H groups in total. The Morgan fingerprint density at radius 2 is 1.94 bits per heavy atom. The minimum atomic E-state index is -0.322. The summed E-state index contributed by atoms with van der Waals surface area (Å²) in [7, 11) is 0. The average molecular weight is 225 g/mol. The van der Waals surface area contributed by atoms with E-state index in [2.05, 4.69) is 13.8 Å². The number of hydrogen-bond acceptors (Lipinski definition) is 3. The van der Waals surface area contributed by atoms with Crippen LogP contribution in [-0.4, -0.2) is 6.79 Å². The van der Waals surface area contributed by atoms with Gasteiger partial charge in [0, 0.05) is 17.7 Å². The Bertz CT molecular complexity index is 393. The van der Waals surface area contributed by atoms with Crippen molar-refractivity contribution < 1.29 is 13.9 Å². The second-order valence-electron chi connectivity index (χ2n) is 4.46. The number of rotatable bonds is 3. The fourth-order valence-electron chi connectivity index (χ4n) is 1.85. The molecule has 16 heavy (non-hydrogen) atoms. The Morgan fingerprint density at radius 3 is 2.56 bits per heavy atom. The molecule has 1 aliphatic heterocycles. The number of fused-ring (bicyclic) bond motifs is 1. The van der Waals surface area contributed by atoms with Crippen molar-refractivity contribution in [3.63, 3.8) is 0 Å². The van der Waals surface area contributed by atoms with Crippen molar-refractivity contribution in [1.82, 2.24) is 0 Å². The van der Waals surface area contributed by atoms with Gasteiger partial charge in [-0.3, -0.25) is 0 Å². The van der Waals surface area contributed by atoms with Gasteiger partial charge in [-0.1, -0.05) is 13.8 Å². The molecule has 0 radical (unpaired) electrons. The predicted octanol–water partition coefficient (Wildman–Crippen LogP) is 2.60. The Kier molecular flexibility index (Phi) is 3.01. The molecule has 4 heteroatoms. The topological polar surface area (TPSA) is 44.5 Å². The minimum Gasteiger partial charge on any atom is -0.454 e. The summed E-state index contributed by atoms with van der Waals surface area (Å²) in [4.78, 5) is 0. The van der Waals surface area contributed by atoms with Gasteiger partial charge < -0.3 is 15.2 Å². The molecule has 2 rings (SSSR count). The monoisotopic (exact) mass is 225 g/mol. The maximum Gasteiger partial charge on any atom is 0.231 e. The lowest BCUT2D eigenvalue weighted by atomic mass is 9.97. The third kappa shape index (κ3) is 2.11. The second kappa shape index (κ2) is 4.29. The van der Waals surface area contributed by atoms with Crippen LogP contribution in [0.1, 0.15) is 31.9 Å². The molecule has 1 atom stereocenters. The lowest BCUT2D eigenvalue weighted by Gasteiger charge is -2.15. The Morgan fingerprint density at radius 1 is 1.31 bits per heavy atom. The van der Waals surface area contributed by atoms with Crippen LogP contribution in [0.2, 0.25) is 0 Å². The van der Waals surface area contributed by atoms with E-state index in [4.69, 9.17) is 15.2 Å². The summed E-state index contributed by atoms with van der Waals surface area (Å²) < 4.78 is 24.0. The zero-order valence-electron chi connectivity index (χ0n) is 9.50. The van der Waals surface area contributed by atoms with Gasteiger partial charge >= 0.3 is 0 Å². The van der Waals surface area contributed by atoms with Gasteiger partial charge in [-0.25, -0.2) is 4.39 Å². The van der Waals surface area contributed by atoms with Gasteiger partial charge in [-0.2, -0.15) is 0 Å². The summed E-state index contributed by atoms with van der Waals surface area (Å²) in [5.41, 5.74) is 6.45. The quantitative estimate of drug-likeness (QED) is 0.860. The Hall–Kier alpha value is -1.29. The number of hydrogen-bond donors (Lipinski definition) is 1. The van der Waals surface area contributed by atoms with Gasteiger partial charge in [-0.05, 0) is 18.4 Å². The summed E-state index contributed by atoms with van der Waals surface area (Å²) in [6, 6.07) is 2.69. The van der Waals surface area contributed by atoms with Crippen LogP contribution in [0.3, 0.4) is 0 Å². The molecular formula is C12H16FNO2. The third-order valence-corrected chi connectivity index (χ3v) is 2.62. The highest BCUT2D eigenvalue weighted by atomic mass is 19.1. The van der Waals surface area contributed by atoms with Crippen molar-refractivity contribution in [2.24, 2.45) is 11.7 Å². The van der Waals surface area contributed by atoms with Crippen LogP contribution >= 0.6 is 0 Å². The highest BCUT2D eigenvalue weighted by molar-refractivity contribution is 5.46. The van der Waals surface area contributed by atoms with E-state index in [1.54, 1.807) is 6.07 Å². The molecule has 1 aromatic rings. The first-order valence-electron chi connectivity index (χ1n) is 5.42. The standard InChI is InChI=1S/C12H16FNO2/c1-7(2)3-10(14)8-4-11-12(5-9(8)13)16-6-15-11/h4-5,7,10H,3,6,14H2,1-2H3. The highest BCUT2D eigenvalue weighted by Gasteiger charge is 2.20. The molecule has 0 amide bonds. The first-order valence-corrected chi connectivity index (χ1v) is 5.42. The molecule has 1 aromatic carbocycles. The van der Waals surface area contributed by atoms with Crippen LogP contribution in [0, 0.1) is 11.7 Å². The summed E-state index contributed by atoms with van der Waals surface area (Å²) in [5.74, 6) is 1.14. The fourth-order valence-corrected chi connectivity index (χ4v) is 1.85. The lowest BCUT2D eigenvalue weighted by molar-refractivity contribution is 0.174. The summed E-state index contributed by atoms with van der Waals surface area (Å²) in [5, 5.41) is 0. The maximum atomic E-state index is 13.7. The molecule has 1 aliphatic rings. The van der Waals surface area contributed by atoms with Crippen LogP contribution in [0.4, 0.5) is 4.39 Å². The van der Waals surface area contributed by atoms with Crippen LogP contribution < -0.4 is 15.2 Å². The Labute approximate surface area is 94.3 Å². The predicted molar refractivity (Wildman–Crippen MR) is 58.9 cm³/mol. The fraction of sp³-hybridized carbons (Fsp3) is 0.500. The molecule has 0 saturated carbocycles. The largest absolute Gasteiger partial charge is 0.454 e. The minimum absolute atomic E-state index is 0.150. The highest BCUT2D eigenvalue weighted by Crippen LogP contribution is 2.36. The molecule has 0 fully saturated rings. The van der Waals surface area contributed by atoms with Crippen molar-refractivity contribution in [3.8, 4) is 11.5 Å². The molecule has 0 aliphatic carbocycles. The van der Waals surface area contributed by atoms with Crippen LogP contribution in [0.25, 0.3) is 0 Å². The van der Waals surface area contributed by atoms with Crippen molar-refractivity contribution >= 4 is 0 Å². The zero-order chi connectivity index (χ0) is 11.7. The number of benzene rings is 1. The molecule has 0 saturated heterocycles. The van der Waals surface area contributed by atoms with Crippen LogP contribution in [0.5, 0.6) is 11.5 Å². The Balaban J connectivity index is 2.27. The number of halogens is 1. The van der Waals surface area contributed by atoms with E-state index in [0.29, 0.717) is 23.0 Å². The molecule has 1 unspecified atom stereocenters. The maximum absolute atomic E-state index is 13.7. The van der Waals surface area contributed by atoms with E-state index >= 15 is 0 Å². The normalized spacial score (nSPS) is 15.6. The molecule has 0 bridgehead atoms. The molecular weight excluding hydrogens is 209 g/mol. The summed E-state index contributed by atoms with van der Waals surface area (Å²) in [6.45, 7) is 4.27.